The molecule has 0 saturated carbocycles. The Kier molecular flexibility index (Phi) is 3.18. The topological polar surface area (TPSA) is 34.2 Å². The van der Waals surface area contributed by atoms with E-state index in [-0.39, 0.29) is 0 Å². The van der Waals surface area contributed by atoms with Crippen molar-refractivity contribution in [3.05, 3.63) is 22.7 Å². The molecule has 1 fully saturated rings. The van der Waals surface area contributed by atoms with E-state index in [1.54, 1.807) is 11.3 Å². The summed E-state index contributed by atoms with van der Waals surface area (Å²) in [5.74, 6) is 0. The fraction of sp³-hybridized carbons (Fsp3) is 0.417. The number of anilines is 1. The van der Waals surface area contributed by atoms with Crippen molar-refractivity contribution in [1.29, 1.82) is 0 Å². The highest BCUT2D eigenvalue weighted by atomic mass is 35.5. The van der Waals surface area contributed by atoms with Crippen LogP contribution >= 0.6 is 22.9 Å². The average molecular weight is 269 g/mol. The molecule has 1 N–H and O–H groups in total. The van der Waals surface area contributed by atoms with Crippen LogP contribution in [0.5, 0.6) is 0 Å². The fourth-order valence-corrected chi connectivity index (χ4v) is 3.00. The Morgan fingerprint density at radius 2 is 2.47 bits per heavy atom. The summed E-state index contributed by atoms with van der Waals surface area (Å²) in [6, 6.07) is 3.92. The number of hydrogen-bond acceptors (Lipinski definition) is 4. The van der Waals surface area contributed by atoms with Crippen LogP contribution < -0.4 is 5.32 Å². The SMILES string of the molecule is Clc1ccc2scnc2c1NCC1CCCO1. The van der Waals surface area contributed by atoms with Gasteiger partial charge in [0.2, 0.25) is 0 Å². The van der Waals surface area contributed by atoms with Gasteiger partial charge in [0.25, 0.3) is 0 Å². The molecule has 90 valence electrons. The molecule has 1 aliphatic rings. The van der Waals surface area contributed by atoms with Crippen LogP contribution in [0.15, 0.2) is 17.6 Å². The van der Waals surface area contributed by atoms with Gasteiger partial charge in [-0.3, -0.25) is 0 Å². The second-order valence-electron chi connectivity index (χ2n) is 4.14. The highest BCUT2D eigenvalue weighted by Gasteiger charge is 2.16. The molecular formula is C12H13ClN2OS. The lowest BCUT2D eigenvalue weighted by atomic mass is 10.2. The molecule has 1 unspecified atom stereocenters. The van der Waals surface area contributed by atoms with Crippen LogP contribution in [0.3, 0.4) is 0 Å². The summed E-state index contributed by atoms with van der Waals surface area (Å²) in [6.45, 7) is 1.68. The smallest absolute Gasteiger partial charge is 0.106 e. The minimum absolute atomic E-state index is 0.306. The van der Waals surface area contributed by atoms with Gasteiger partial charge in [-0.25, -0.2) is 4.98 Å². The predicted octanol–water partition coefficient (Wildman–Crippen LogP) is 3.54. The lowest BCUT2D eigenvalue weighted by Crippen LogP contribution is -2.18. The molecule has 1 saturated heterocycles. The molecule has 3 nitrogen and oxygen atoms in total. The molecular weight excluding hydrogens is 256 g/mol. The number of benzene rings is 1. The first-order valence-electron chi connectivity index (χ1n) is 5.72. The van der Waals surface area contributed by atoms with Crippen LogP contribution in [0.2, 0.25) is 5.02 Å². The second kappa shape index (κ2) is 4.80. The van der Waals surface area contributed by atoms with Crippen molar-refractivity contribution < 1.29 is 4.74 Å². The third kappa shape index (κ3) is 2.25. The van der Waals surface area contributed by atoms with Gasteiger partial charge in [0.1, 0.15) is 5.52 Å². The second-order valence-corrected chi connectivity index (χ2v) is 5.43. The van der Waals surface area contributed by atoms with E-state index in [1.165, 1.54) is 0 Å². The maximum Gasteiger partial charge on any atom is 0.106 e. The summed E-state index contributed by atoms with van der Waals surface area (Å²) in [6.07, 6.45) is 2.58. The van der Waals surface area contributed by atoms with Crippen molar-refractivity contribution in [2.75, 3.05) is 18.5 Å². The number of nitrogens with one attached hydrogen (secondary N) is 1. The number of thiazole rings is 1. The zero-order valence-electron chi connectivity index (χ0n) is 9.28. The molecule has 2 heterocycles. The van der Waals surface area contributed by atoms with Crippen LogP contribution in [0.1, 0.15) is 12.8 Å². The third-order valence-corrected chi connectivity index (χ3v) is 4.09. The zero-order valence-corrected chi connectivity index (χ0v) is 10.9. The Morgan fingerprint density at radius 1 is 1.53 bits per heavy atom. The minimum atomic E-state index is 0.306. The van der Waals surface area contributed by atoms with Crippen molar-refractivity contribution in [3.8, 4) is 0 Å². The van der Waals surface area contributed by atoms with Crippen molar-refractivity contribution in [2.24, 2.45) is 0 Å². The maximum atomic E-state index is 6.21. The third-order valence-electron chi connectivity index (χ3n) is 2.98. The summed E-state index contributed by atoms with van der Waals surface area (Å²) < 4.78 is 6.74. The van der Waals surface area contributed by atoms with Crippen molar-refractivity contribution in [3.63, 3.8) is 0 Å². The highest BCUT2D eigenvalue weighted by molar-refractivity contribution is 7.16. The summed E-state index contributed by atoms with van der Waals surface area (Å²) in [5.41, 5.74) is 3.74. The van der Waals surface area contributed by atoms with Gasteiger partial charge in [0.15, 0.2) is 0 Å². The fourth-order valence-electron chi connectivity index (χ4n) is 2.10. The molecule has 3 rings (SSSR count). The number of aromatic nitrogens is 1. The first-order valence-corrected chi connectivity index (χ1v) is 6.97. The Labute approximate surface area is 109 Å². The van der Waals surface area contributed by atoms with E-state index in [4.69, 9.17) is 16.3 Å². The molecule has 1 aliphatic heterocycles. The van der Waals surface area contributed by atoms with Gasteiger partial charge in [-0.1, -0.05) is 11.6 Å². The van der Waals surface area contributed by atoms with E-state index < -0.39 is 0 Å². The summed E-state index contributed by atoms with van der Waals surface area (Å²) in [5, 5.41) is 4.09. The molecule has 2 aromatic rings. The lowest BCUT2D eigenvalue weighted by Gasteiger charge is -2.13. The quantitative estimate of drug-likeness (QED) is 0.925. The molecule has 0 amide bonds. The number of ether oxygens (including phenoxy) is 1. The van der Waals surface area contributed by atoms with E-state index in [0.717, 1.165) is 46.9 Å². The molecule has 0 aliphatic carbocycles. The first kappa shape index (κ1) is 11.3. The van der Waals surface area contributed by atoms with E-state index in [1.807, 2.05) is 17.6 Å². The highest BCUT2D eigenvalue weighted by Crippen LogP contribution is 2.32. The number of fused-ring (bicyclic) bond motifs is 1. The van der Waals surface area contributed by atoms with E-state index in [0.29, 0.717) is 6.10 Å². The van der Waals surface area contributed by atoms with Gasteiger partial charge in [0.05, 0.1) is 27.0 Å². The molecule has 1 atom stereocenters. The number of nitrogens with zero attached hydrogens (tertiary/aromatic N) is 1. The first-order chi connectivity index (χ1) is 8.34. The van der Waals surface area contributed by atoms with Crippen LogP contribution in [-0.4, -0.2) is 24.2 Å². The molecule has 1 aromatic heterocycles. The molecule has 1 aromatic carbocycles. The van der Waals surface area contributed by atoms with Crippen molar-refractivity contribution in [1.82, 2.24) is 4.98 Å². The van der Waals surface area contributed by atoms with Gasteiger partial charge < -0.3 is 10.1 Å². The zero-order chi connectivity index (χ0) is 11.7. The molecule has 17 heavy (non-hydrogen) atoms. The standard InChI is InChI=1S/C12H13ClN2OS/c13-9-3-4-10-12(15-7-17-10)11(9)14-6-8-2-1-5-16-8/h3-4,7-8,14H,1-2,5-6H2. The Balaban J connectivity index is 1.82. The van der Waals surface area contributed by atoms with Crippen molar-refractivity contribution in [2.45, 2.75) is 18.9 Å². The van der Waals surface area contributed by atoms with Crippen LogP contribution in [0.25, 0.3) is 10.2 Å². The minimum Gasteiger partial charge on any atom is -0.379 e. The van der Waals surface area contributed by atoms with E-state index in [2.05, 4.69) is 10.3 Å². The van der Waals surface area contributed by atoms with Gasteiger partial charge >= 0.3 is 0 Å². The Morgan fingerprint density at radius 3 is 3.29 bits per heavy atom. The summed E-state index contributed by atoms with van der Waals surface area (Å²) in [4.78, 5) is 4.36. The monoisotopic (exact) mass is 268 g/mol. The summed E-state index contributed by atoms with van der Waals surface area (Å²) >= 11 is 7.83. The van der Waals surface area contributed by atoms with Gasteiger partial charge in [0, 0.05) is 13.2 Å². The largest absolute Gasteiger partial charge is 0.379 e. The van der Waals surface area contributed by atoms with Crippen LogP contribution in [-0.2, 0) is 4.74 Å². The molecule has 5 heteroatoms. The van der Waals surface area contributed by atoms with Gasteiger partial charge in [-0.15, -0.1) is 11.3 Å². The number of rotatable bonds is 3. The average Bonchev–Trinajstić information content (AvgIpc) is 2.97. The predicted molar refractivity (Wildman–Crippen MR) is 72.1 cm³/mol. The Bertz CT molecular complexity index is 522. The normalized spacial score (nSPS) is 19.9. The molecule has 0 spiro atoms. The van der Waals surface area contributed by atoms with Gasteiger partial charge in [-0.2, -0.15) is 0 Å². The number of halogens is 1. The lowest BCUT2D eigenvalue weighted by molar-refractivity contribution is 0.120. The Hall–Kier alpha value is -0.840. The summed E-state index contributed by atoms with van der Waals surface area (Å²) in [7, 11) is 0. The van der Waals surface area contributed by atoms with E-state index >= 15 is 0 Å². The molecule has 0 bridgehead atoms. The van der Waals surface area contributed by atoms with Crippen LogP contribution in [0, 0.1) is 0 Å². The van der Waals surface area contributed by atoms with Gasteiger partial charge in [-0.05, 0) is 25.0 Å². The van der Waals surface area contributed by atoms with Crippen molar-refractivity contribution >= 4 is 38.8 Å². The van der Waals surface area contributed by atoms with E-state index in [9.17, 15) is 0 Å². The molecule has 0 radical (unpaired) electrons. The maximum absolute atomic E-state index is 6.21. The number of hydrogen-bond donors (Lipinski definition) is 1. The van der Waals surface area contributed by atoms with Crippen LogP contribution in [0.4, 0.5) is 5.69 Å².